The zero-order chi connectivity index (χ0) is 10.3. The Labute approximate surface area is 85.6 Å². The number of aliphatic hydroxyl groups is 1. The Morgan fingerprint density at radius 1 is 1.46 bits per heavy atom. The first-order valence-electron chi connectivity index (χ1n) is 4.58. The molecule has 0 heterocycles. The number of methoxy groups -OCH3 is 1. The number of ether oxygens (including phenoxy) is 1. The van der Waals surface area contributed by atoms with Crippen molar-refractivity contribution in [3.63, 3.8) is 0 Å². The predicted octanol–water partition coefficient (Wildman–Crippen LogP) is 0.943. The summed E-state index contributed by atoms with van der Waals surface area (Å²) in [4.78, 5) is 2.15. The SMILES string of the molecule is COCCN(CC(O)CCl)C(C)C. The normalized spacial score (nSPS) is 14.1. The highest BCUT2D eigenvalue weighted by Gasteiger charge is 2.13. The van der Waals surface area contributed by atoms with Crippen LogP contribution in [-0.4, -0.2) is 54.8 Å². The topological polar surface area (TPSA) is 32.7 Å². The first-order valence-corrected chi connectivity index (χ1v) is 5.12. The van der Waals surface area contributed by atoms with Gasteiger partial charge in [-0.1, -0.05) is 0 Å². The van der Waals surface area contributed by atoms with Crippen LogP contribution in [0.1, 0.15) is 13.8 Å². The molecular weight excluding hydrogens is 190 g/mol. The second-order valence-electron chi connectivity index (χ2n) is 3.39. The highest BCUT2D eigenvalue weighted by atomic mass is 35.5. The van der Waals surface area contributed by atoms with Gasteiger partial charge < -0.3 is 9.84 Å². The molecule has 0 aliphatic heterocycles. The average Bonchev–Trinajstić information content (AvgIpc) is 2.11. The van der Waals surface area contributed by atoms with E-state index >= 15 is 0 Å². The van der Waals surface area contributed by atoms with E-state index in [4.69, 9.17) is 16.3 Å². The van der Waals surface area contributed by atoms with E-state index in [1.165, 1.54) is 0 Å². The zero-order valence-corrected chi connectivity index (χ0v) is 9.42. The van der Waals surface area contributed by atoms with Gasteiger partial charge in [-0.15, -0.1) is 11.6 Å². The number of nitrogens with zero attached hydrogens (tertiary/aromatic N) is 1. The maximum atomic E-state index is 9.36. The van der Waals surface area contributed by atoms with Crippen molar-refractivity contribution < 1.29 is 9.84 Å². The third kappa shape index (κ3) is 6.27. The summed E-state index contributed by atoms with van der Waals surface area (Å²) in [7, 11) is 1.68. The van der Waals surface area contributed by atoms with Crippen LogP contribution in [0.5, 0.6) is 0 Å². The molecule has 0 fully saturated rings. The van der Waals surface area contributed by atoms with Crippen LogP contribution in [0.2, 0.25) is 0 Å². The number of rotatable bonds is 7. The summed E-state index contributed by atoms with van der Waals surface area (Å²) in [6.45, 7) is 6.33. The highest BCUT2D eigenvalue weighted by molar-refractivity contribution is 6.18. The van der Waals surface area contributed by atoms with Crippen LogP contribution in [-0.2, 0) is 4.74 Å². The first-order chi connectivity index (χ1) is 6.11. The number of halogens is 1. The van der Waals surface area contributed by atoms with E-state index in [2.05, 4.69) is 18.7 Å². The summed E-state index contributed by atoms with van der Waals surface area (Å²) in [5, 5.41) is 9.36. The lowest BCUT2D eigenvalue weighted by molar-refractivity contribution is 0.0818. The maximum absolute atomic E-state index is 9.36. The van der Waals surface area contributed by atoms with E-state index in [-0.39, 0.29) is 5.88 Å². The van der Waals surface area contributed by atoms with Gasteiger partial charge in [-0.3, -0.25) is 4.90 Å². The Hall–Kier alpha value is 0.170. The van der Waals surface area contributed by atoms with Gasteiger partial charge in [0, 0.05) is 32.1 Å². The zero-order valence-electron chi connectivity index (χ0n) is 8.66. The lowest BCUT2D eigenvalue weighted by atomic mass is 10.2. The molecule has 0 amide bonds. The van der Waals surface area contributed by atoms with Crippen molar-refractivity contribution in [2.24, 2.45) is 0 Å². The summed E-state index contributed by atoms with van der Waals surface area (Å²) in [5.41, 5.74) is 0. The fourth-order valence-corrected chi connectivity index (χ4v) is 1.19. The quantitative estimate of drug-likeness (QED) is 0.634. The molecule has 1 atom stereocenters. The lowest BCUT2D eigenvalue weighted by Crippen LogP contribution is -2.40. The molecule has 0 aliphatic rings. The molecule has 0 aliphatic carbocycles. The van der Waals surface area contributed by atoms with Crippen LogP contribution in [0.15, 0.2) is 0 Å². The summed E-state index contributed by atoms with van der Waals surface area (Å²) < 4.78 is 4.98. The fourth-order valence-electron chi connectivity index (χ4n) is 1.09. The minimum atomic E-state index is -0.444. The average molecular weight is 210 g/mol. The van der Waals surface area contributed by atoms with Gasteiger partial charge in [0.15, 0.2) is 0 Å². The van der Waals surface area contributed by atoms with E-state index in [1.807, 2.05) is 0 Å². The minimum Gasteiger partial charge on any atom is -0.391 e. The molecule has 0 aromatic heterocycles. The molecule has 0 saturated heterocycles. The second-order valence-corrected chi connectivity index (χ2v) is 3.70. The molecule has 0 aromatic rings. The fraction of sp³-hybridized carbons (Fsp3) is 1.00. The number of hydrogen-bond acceptors (Lipinski definition) is 3. The van der Waals surface area contributed by atoms with Crippen molar-refractivity contribution in [1.82, 2.24) is 4.90 Å². The lowest BCUT2D eigenvalue weighted by Gasteiger charge is -2.27. The van der Waals surface area contributed by atoms with Gasteiger partial charge in [-0.25, -0.2) is 0 Å². The largest absolute Gasteiger partial charge is 0.391 e. The number of hydrogen-bond donors (Lipinski definition) is 1. The monoisotopic (exact) mass is 209 g/mol. The molecule has 13 heavy (non-hydrogen) atoms. The molecule has 3 nitrogen and oxygen atoms in total. The molecule has 80 valence electrons. The van der Waals surface area contributed by atoms with Crippen LogP contribution in [0.25, 0.3) is 0 Å². The van der Waals surface area contributed by atoms with Gasteiger partial charge in [0.25, 0.3) is 0 Å². The van der Waals surface area contributed by atoms with Gasteiger partial charge in [0.2, 0.25) is 0 Å². The molecule has 0 bridgehead atoms. The summed E-state index contributed by atoms with van der Waals surface area (Å²) >= 11 is 5.53. The third-order valence-corrected chi connectivity index (χ3v) is 2.29. The van der Waals surface area contributed by atoms with Crippen LogP contribution in [0, 0.1) is 0 Å². The van der Waals surface area contributed by atoms with E-state index < -0.39 is 6.10 Å². The van der Waals surface area contributed by atoms with Crippen LogP contribution in [0.3, 0.4) is 0 Å². The van der Waals surface area contributed by atoms with Crippen molar-refractivity contribution in [2.45, 2.75) is 26.0 Å². The van der Waals surface area contributed by atoms with Crippen molar-refractivity contribution in [3.05, 3.63) is 0 Å². The molecule has 1 N–H and O–H groups in total. The van der Waals surface area contributed by atoms with Crippen molar-refractivity contribution in [3.8, 4) is 0 Å². The predicted molar refractivity (Wildman–Crippen MR) is 55.3 cm³/mol. The van der Waals surface area contributed by atoms with E-state index in [0.29, 0.717) is 19.2 Å². The van der Waals surface area contributed by atoms with E-state index in [1.54, 1.807) is 7.11 Å². The van der Waals surface area contributed by atoms with Crippen molar-refractivity contribution >= 4 is 11.6 Å². The minimum absolute atomic E-state index is 0.288. The number of alkyl halides is 1. The summed E-state index contributed by atoms with van der Waals surface area (Å²) in [5.74, 6) is 0.288. The standard InChI is InChI=1S/C9H20ClNO2/c1-8(2)11(4-5-13-3)7-9(12)6-10/h8-9,12H,4-7H2,1-3H3. The van der Waals surface area contributed by atoms with Crippen LogP contribution in [0.4, 0.5) is 0 Å². The Balaban J connectivity index is 3.79. The Morgan fingerprint density at radius 3 is 2.46 bits per heavy atom. The summed E-state index contributed by atoms with van der Waals surface area (Å²) in [6.07, 6.45) is -0.444. The van der Waals surface area contributed by atoms with Crippen molar-refractivity contribution in [2.75, 3.05) is 32.7 Å². The molecule has 0 saturated carbocycles. The van der Waals surface area contributed by atoms with Gasteiger partial charge in [0.1, 0.15) is 0 Å². The smallest absolute Gasteiger partial charge is 0.0802 e. The van der Waals surface area contributed by atoms with Gasteiger partial charge in [0.05, 0.1) is 12.7 Å². The van der Waals surface area contributed by atoms with Crippen LogP contribution < -0.4 is 0 Å². The molecule has 4 heteroatoms. The molecule has 0 spiro atoms. The Kier molecular flexibility index (Phi) is 7.66. The van der Waals surface area contributed by atoms with E-state index in [0.717, 1.165) is 6.54 Å². The molecule has 1 unspecified atom stereocenters. The summed E-state index contributed by atoms with van der Waals surface area (Å²) in [6, 6.07) is 0.410. The third-order valence-electron chi connectivity index (χ3n) is 1.94. The second kappa shape index (κ2) is 7.56. The Morgan fingerprint density at radius 2 is 2.08 bits per heavy atom. The number of aliphatic hydroxyl groups excluding tert-OH is 1. The molecule has 0 rings (SSSR count). The molecular formula is C9H20ClNO2. The first kappa shape index (κ1) is 13.2. The molecule has 0 radical (unpaired) electrons. The maximum Gasteiger partial charge on any atom is 0.0802 e. The van der Waals surface area contributed by atoms with Crippen molar-refractivity contribution in [1.29, 1.82) is 0 Å². The van der Waals surface area contributed by atoms with Gasteiger partial charge in [-0.05, 0) is 13.8 Å². The van der Waals surface area contributed by atoms with E-state index in [9.17, 15) is 5.11 Å². The molecule has 0 aromatic carbocycles. The van der Waals surface area contributed by atoms with Gasteiger partial charge >= 0.3 is 0 Å². The Bertz CT molecular complexity index is 122. The highest BCUT2D eigenvalue weighted by Crippen LogP contribution is 2.01. The van der Waals surface area contributed by atoms with Gasteiger partial charge in [-0.2, -0.15) is 0 Å². The van der Waals surface area contributed by atoms with Crippen LogP contribution >= 0.6 is 11.6 Å².